The topological polar surface area (TPSA) is 0 Å². The second-order valence-electron chi connectivity index (χ2n) is 8.82. The Kier molecular flexibility index (Phi) is 16.1. The monoisotopic (exact) mass is 384 g/mol. The Morgan fingerprint density at radius 1 is 0.536 bits per heavy atom. The number of hydrogen-bond donors (Lipinski definition) is 0. The Labute approximate surface area is 177 Å². The lowest BCUT2D eigenvalue weighted by Crippen LogP contribution is -1.87. The van der Waals surface area contributed by atoms with Crippen LogP contribution in [0.5, 0.6) is 0 Å². The number of rotatable bonds is 18. The highest BCUT2D eigenvalue weighted by atomic mass is 14.1. The maximum absolute atomic E-state index is 2.31. The van der Waals surface area contributed by atoms with Gasteiger partial charge in [-0.1, -0.05) is 139 Å². The van der Waals surface area contributed by atoms with Gasteiger partial charge in [0.1, 0.15) is 0 Å². The van der Waals surface area contributed by atoms with Gasteiger partial charge in [0.15, 0.2) is 0 Å². The fourth-order valence-corrected chi connectivity index (χ4v) is 4.06. The van der Waals surface area contributed by atoms with E-state index >= 15 is 0 Å². The molecule has 0 heteroatoms. The third-order valence-electron chi connectivity index (χ3n) is 6.25. The zero-order valence-electron chi connectivity index (χ0n) is 19.4. The largest absolute Gasteiger partial charge is 0.0698 e. The lowest BCUT2D eigenvalue weighted by Gasteiger charge is -2.08. The summed E-state index contributed by atoms with van der Waals surface area (Å²) in [4.78, 5) is 0. The molecule has 1 aromatic carbocycles. The van der Waals surface area contributed by atoms with E-state index < -0.39 is 0 Å². The molecule has 0 aliphatic carbocycles. The van der Waals surface area contributed by atoms with E-state index in [1.807, 2.05) is 0 Å². The van der Waals surface area contributed by atoms with E-state index in [0.717, 1.165) is 0 Å². The molecule has 0 N–H and O–H groups in total. The summed E-state index contributed by atoms with van der Waals surface area (Å²) in [5, 5.41) is 0. The smallest absolute Gasteiger partial charge is 0.0228 e. The van der Waals surface area contributed by atoms with Crippen molar-refractivity contribution in [2.45, 2.75) is 130 Å². The van der Waals surface area contributed by atoms with Gasteiger partial charge in [0.05, 0.1) is 0 Å². The van der Waals surface area contributed by atoms with E-state index in [0.29, 0.717) is 0 Å². The van der Waals surface area contributed by atoms with Gasteiger partial charge in [0, 0.05) is 0 Å². The summed E-state index contributed by atoms with van der Waals surface area (Å²) in [6.07, 6.45) is 24.4. The van der Waals surface area contributed by atoms with Crippen LogP contribution in [0.2, 0.25) is 0 Å². The molecule has 0 atom stereocenters. The van der Waals surface area contributed by atoms with Crippen LogP contribution in [0.25, 0.3) is 5.57 Å². The molecule has 1 aromatic rings. The molecule has 160 valence electrons. The van der Waals surface area contributed by atoms with E-state index in [1.54, 1.807) is 5.57 Å². The SMILES string of the molecule is CCCCCCCCCCCCCCCCCCC(C)=C(C)c1ccccc1. The first-order valence-electron chi connectivity index (χ1n) is 12.5. The zero-order valence-corrected chi connectivity index (χ0v) is 19.4. The molecular formula is C28H48. The Balaban J connectivity index is 1.87. The number of hydrogen-bond acceptors (Lipinski definition) is 0. The second-order valence-corrected chi connectivity index (χ2v) is 8.82. The molecule has 0 heterocycles. The zero-order chi connectivity index (χ0) is 20.3. The van der Waals surface area contributed by atoms with E-state index in [2.05, 4.69) is 51.1 Å². The van der Waals surface area contributed by atoms with Gasteiger partial charge in [0.2, 0.25) is 0 Å². The molecule has 0 unspecified atom stereocenters. The lowest BCUT2D eigenvalue weighted by atomic mass is 9.98. The molecule has 0 aliphatic rings. The van der Waals surface area contributed by atoms with Gasteiger partial charge < -0.3 is 0 Å². The molecule has 1 rings (SSSR count). The quantitative estimate of drug-likeness (QED) is 0.221. The van der Waals surface area contributed by atoms with Gasteiger partial charge in [-0.3, -0.25) is 0 Å². The lowest BCUT2D eigenvalue weighted by molar-refractivity contribution is 0.529. The molecule has 0 aliphatic heterocycles. The summed E-state index contributed by atoms with van der Waals surface area (Å²) in [5.74, 6) is 0. The molecule has 0 fully saturated rings. The van der Waals surface area contributed by atoms with Gasteiger partial charge in [-0.05, 0) is 37.8 Å². The molecule has 0 radical (unpaired) electrons. The van der Waals surface area contributed by atoms with Crippen molar-refractivity contribution in [3.05, 3.63) is 41.5 Å². The molecule has 0 nitrogen and oxygen atoms in total. The van der Waals surface area contributed by atoms with Crippen LogP contribution >= 0.6 is 0 Å². The van der Waals surface area contributed by atoms with Crippen LogP contribution in [0, 0.1) is 0 Å². The first kappa shape index (κ1) is 25.0. The number of allylic oxidation sites excluding steroid dienone is 2. The summed E-state index contributed by atoms with van der Waals surface area (Å²) in [6, 6.07) is 10.8. The minimum atomic E-state index is 1.26. The highest BCUT2D eigenvalue weighted by molar-refractivity contribution is 5.66. The van der Waals surface area contributed by atoms with E-state index in [9.17, 15) is 0 Å². The second kappa shape index (κ2) is 18.0. The fourth-order valence-electron chi connectivity index (χ4n) is 4.06. The Bertz CT molecular complexity index is 482. The van der Waals surface area contributed by atoms with E-state index in [1.165, 1.54) is 120 Å². The number of unbranched alkanes of at least 4 members (excludes halogenated alkanes) is 15. The maximum Gasteiger partial charge on any atom is -0.0228 e. The third kappa shape index (κ3) is 13.2. The van der Waals surface area contributed by atoms with Crippen LogP contribution in [0.4, 0.5) is 0 Å². The molecule has 0 amide bonds. The van der Waals surface area contributed by atoms with E-state index in [-0.39, 0.29) is 0 Å². The van der Waals surface area contributed by atoms with Gasteiger partial charge in [0.25, 0.3) is 0 Å². The van der Waals surface area contributed by atoms with Crippen molar-refractivity contribution < 1.29 is 0 Å². The summed E-state index contributed by atoms with van der Waals surface area (Å²) in [5.41, 5.74) is 4.43. The summed E-state index contributed by atoms with van der Waals surface area (Å²) in [7, 11) is 0. The van der Waals surface area contributed by atoms with Gasteiger partial charge >= 0.3 is 0 Å². The van der Waals surface area contributed by atoms with Crippen LogP contribution in [0.3, 0.4) is 0 Å². The Hall–Kier alpha value is -1.04. The van der Waals surface area contributed by atoms with Crippen molar-refractivity contribution in [2.75, 3.05) is 0 Å². The molecule has 28 heavy (non-hydrogen) atoms. The highest BCUT2D eigenvalue weighted by Gasteiger charge is 2.00. The summed E-state index contributed by atoms with van der Waals surface area (Å²) >= 11 is 0. The van der Waals surface area contributed by atoms with Crippen LogP contribution in [0.1, 0.15) is 135 Å². The molecule has 0 saturated carbocycles. The van der Waals surface area contributed by atoms with Gasteiger partial charge in [-0.25, -0.2) is 0 Å². The average molecular weight is 385 g/mol. The molecule has 0 aromatic heterocycles. The van der Waals surface area contributed by atoms with Crippen molar-refractivity contribution in [1.82, 2.24) is 0 Å². The van der Waals surface area contributed by atoms with Crippen LogP contribution in [-0.4, -0.2) is 0 Å². The molecule has 0 bridgehead atoms. The average Bonchev–Trinajstić information content (AvgIpc) is 2.73. The van der Waals surface area contributed by atoms with Crippen molar-refractivity contribution in [1.29, 1.82) is 0 Å². The van der Waals surface area contributed by atoms with Crippen LogP contribution < -0.4 is 0 Å². The highest BCUT2D eigenvalue weighted by Crippen LogP contribution is 2.22. The summed E-state index contributed by atoms with van der Waals surface area (Å²) in [6.45, 7) is 6.89. The standard InChI is InChI=1S/C28H48/c1-4-5-6-7-8-9-10-11-12-13-14-15-16-17-18-20-23-26(2)27(3)28-24-21-19-22-25-28/h19,21-22,24-25H,4-18,20,23H2,1-3H3. The summed E-state index contributed by atoms with van der Waals surface area (Å²) < 4.78 is 0. The number of benzene rings is 1. The Morgan fingerprint density at radius 3 is 1.36 bits per heavy atom. The van der Waals surface area contributed by atoms with E-state index in [4.69, 9.17) is 0 Å². The molecule has 0 spiro atoms. The third-order valence-corrected chi connectivity index (χ3v) is 6.25. The minimum Gasteiger partial charge on any atom is -0.0698 e. The van der Waals surface area contributed by atoms with Crippen LogP contribution in [0.15, 0.2) is 35.9 Å². The van der Waals surface area contributed by atoms with Crippen molar-refractivity contribution in [3.8, 4) is 0 Å². The predicted octanol–water partition coefficient (Wildman–Crippen LogP) is 10.1. The molecular weight excluding hydrogens is 336 g/mol. The van der Waals surface area contributed by atoms with Crippen molar-refractivity contribution >= 4 is 5.57 Å². The van der Waals surface area contributed by atoms with Crippen molar-refractivity contribution in [2.24, 2.45) is 0 Å². The fraction of sp³-hybridized carbons (Fsp3) is 0.714. The minimum absolute atomic E-state index is 1.26. The van der Waals surface area contributed by atoms with Crippen molar-refractivity contribution in [3.63, 3.8) is 0 Å². The first-order valence-corrected chi connectivity index (χ1v) is 12.5. The maximum atomic E-state index is 2.31. The molecule has 0 saturated heterocycles. The van der Waals surface area contributed by atoms with Gasteiger partial charge in [-0.2, -0.15) is 0 Å². The normalized spacial score (nSPS) is 12.2. The Morgan fingerprint density at radius 2 is 0.929 bits per heavy atom. The van der Waals surface area contributed by atoms with Gasteiger partial charge in [-0.15, -0.1) is 0 Å². The predicted molar refractivity (Wildman–Crippen MR) is 129 cm³/mol. The first-order chi connectivity index (χ1) is 13.8. The van der Waals surface area contributed by atoms with Crippen LogP contribution in [-0.2, 0) is 0 Å².